The Balaban J connectivity index is 2.15. The number of ether oxygens (including phenoxy) is 1. The third kappa shape index (κ3) is 3.33. The summed E-state index contributed by atoms with van der Waals surface area (Å²) in [5, 5.41) is 0. The van der Waals surface area contributed by atoms with Crippen LogP contribution in [0.1, 0.15) is 19.3 Å². The lowest BCUT2D eigenvalue weighted by molar-refractivity contribution is 0.0432. The molecule has 0 aromatic rings. The van der Waals surface area contributed by atoms with Crippen LogP contribution in [0.3, 0.4) is 0 Å². The molecule has 1 heterocycles. The second kappa shape index (κ2) is 5.84. The third-order valence-electron chi connectivity index (χ3n) is 2.48. The van der Waals surface area contributed by atoms with Gasteiger partial charge in [-0.2, -0.15) is 12.6 Å². The maximum atomic E-state index is 5.31. The molecule has 12 heavy (non-hydrogen) atoms. The van der Waals surface area contributed by atoms with E-state index in [-0.39, 0.29) is 0 Å². The number of nitrogens with zero attached hydrogens (tertiary/aromatic N) is 1. The van der Waals surface area contributed by atoms with E-state index in [9.17, 15) is 0 Å². The first kappa shape index (κ1) is 10.4. The van der Waals surface area contributed by atoms with E-state index in [0.717, 1.165) is 25.0 Å². The van der Waals surface area contributed by atoms with E-state index in [4.69, 9.17) is 4.74 Å². The Bertz CT molecular complexity index is 115. The molecule has 0 unspecified atom stereocenters. The average Bonchev–Trinajstić information content (AvgIpc) is 2.15. The zero-order valence-electron chi connectivity index (χ0n) is 7.83. The van der Waals surface area contributed by atoms with Crippen LogP contribution in [0.2, 0.25) is 0 Å². The van der Waals surface area contributed by atoms with E-state index in [2.05, 4.69) is 24.6 Å². The number of rotatable bonds is 4. The van der Waals surface area contributed by atoms with Crippen molar-refractivity contribution < 1.29 is 4.74 Å². The minimum absolute atomic E-state index is 0.749. The molecule has 0 atom stereocenters. The molecule has 0 amide bonds. The SMILES string of the molecule is CN(CCCS)C1CCOCC1. The lowest BCUT2D eigenvalue weighted by Crippen LogP contribution is -2.37. The summed E-state index contributed by atoms with van der Waals surface area (Å²) >= 11 is 4.21. The first-order valence-electron chi connectivity index (χ1n) is 4.73. The number of hydrogen-bond acceptors (Lipinski definition) is 3. The maximum Gasteiger partial charge on any atom is 0.0480 e. The highest BCUT2D eigenvalue weighted by atomic mass is 32.1. The fourth-order valence-electron chi connectivity index (χ4n) is 1.63. The van der Waals surface area contributed by atoms with Crippen molar-refractivity contribution in [1.82, 2.24) is 4.90 Å². The summed E-state index contributed by atoms with van der Waals surface area (Å²) in [5.74, 6) is 0.994. The molecule has 1 aliphatic heterocycles. The van der Waals surface area contributed by atoms with Gasteiger partial charge in [0.05, 0.1) is 0 Å². The molecule has 0 aromatic carbocycles. The van der Waals surface area contributed by atoms with Crippen molar-refractivity contribution >= 4 is 12.6 Å². The predicted octanol–water partition coefficient (Wildman–Crippen LogP) is 1.42. The van der Waals surface area contributed by atoms with Crippen LogP contribution >= 0.6 is 12.6 Å². The summed E-state index contributed by atoms with van der Waals surface area (Å²) in [6.07, 6.45) is 3.59. The molecule has 3 heteroatoms. The van der Waals surface area contributed by atoms with Gasteiger partial charge >= 0.3 is 0 Å². The Morgan fingerprint density at radius 3 is 2.67 bits per heavy atom. The molecule has 0 saturated carbocycles. The highest BCUT2D eigenvalue weighted by molar-refractivity contribution is 7.80. The first-order chi connectivity index (χ1) is 5.84. The van der Waals surface area contributed by atoms with Gasteiger partial charge in [0.25, 0.3) is 0 Å². The van der Waals surface area contributed by atoms with E-state index in [1.165, 1.54) is 25.8 Å². The molecule has 1 fully saturated rings. The third-order valence-corrected chi connectivity index (χ3v) is 2.80. The molecule has 0 N–H and O–H groups in total. The average molecular weight is 189 g/mol. The van der Waals surface area contributed by atoms with Gasteiger partial charge in [-0.1, -0.05) is 0 Å². The van der Waals surface area contributed by atoms with Crippen LogP contribution in [0.5, 0.6) is 0 Å². The standard InChI is InChI=1S/C9H19NOS/c1-10(5-2-8-12)9-3-6-11-7-4-9/h9,12H,2-8H2,1H3. The van der Waals surface area contributed by atoms with Crippen LogP contribution in [0.4, 0.5) is 0 Å². The van der Waals surface area contributed by atoms with E-state index in [0.29, 0.717) is 0 Å². The van der Waals surface area contributed by atoms with Gasteiger partial charge in [-0.05, 0) is 38.6 Å². The molecule has 0 aliphatic carbocycles. The predicted molar refractivity (Wildman–Crippen MR) is 54.9 cm³/mol. The largest absolute Gasteiger partial charge is 0.381 e. The van der Waals surface area contributed by atoms with Crippen molar-refractivity contribution in [3.8, 4) is 0 Å². The molecule has 0 aromatic heterocycles. The quantitative estimate of drug-likeness (QED) is 0.671. The van der Waals surface area contributed by atoms with Crippen molar-refractivity contribution in [3.63, 3.8) is 0 Å². The van der Waals surface area contributed by atoms with Gasteiger partial charge in [0.15, 0.2) is 0 Å². The minimum Gasteiger partial charge on any atom is -0.381 e. The smallest absolute Gasteiger partial charge is 0.0480 e. The summed E-state index contributed by atoms with van der Waals surface area (Å²) < 4.78 is 5.31. The fourth-order valence-corrected chi connectivity index (χ4v) is 1.77. The molecule has 0 radical (unpaired) electrons. The van der Waals surface area contributed by atoms with E-state index in [1.807, 2.05) is 0 Å². The van der Waals surface area contributed by atoms with Crippen LogP contribution in [-0.2, 0) is 4.74 Å². The Hall–Kier alpha value is 0.270. The van der Waals surface area contributed by atoms with Crippen molar-refractivity contribution in [2.24, 2.45) is 0 Å². The lowest BCUT2D eigenvalue weighted by Gasteiger charge is -2.30. The Labute approximate surface area is 80.7 Å². The second-order valence-electron chi connectivity index (χ2n) is 3.40. The van der Waals surface area contributed by atoms with Crippen LogP contribution < -0.4 is 0 Å². The highest BCUT2D eigenvalue weighted by Crippen LogP contribution is 2.12. The van der Waals surface area contributed by atoms with Crippen molar-refractivity contribution in [3.05, 3.63) is 0 Å². The minimum atomic E-state index is 0.749. The van der Waals surface area contributed by atoms with Gasteiger partial charge in [-0.3, -0.25) is 0 Å². The molecule has 0 spiro atoms. The molecule has 1 saturated heterocycles. The molecule has 72 valence electrons. The van der Waals surface area contributed by atoms with Crippen LogP contribution in [-0.4, -0.2) is 43.5 Å². The normalized spacial score (nSPS) is 20.2. The monoisotopic (exact) mass is 189 g/mol. The molecule has 0 bridgehead atoms. The Morgan fingerprint density at radius 1 is 1.42 bits per heavy atom. The van der Waals surface area contributed by atoms with E-state index < -0.39 is 0 Å². The van der Waals surface area contributed by atoms with Gasteiger partial charge in [-0.15, -0.1) is 0 Å². The van der Waals surface area contributed by atoms with Crippen molar-refractivity contribution in [1.29, 1.82) is 0 Å². The summed E-state index contributed by atoms with van der Waals surface area (Å²) in [5.41, 5.74) is 0. The molecular formula is C9H19NOS. The Morgan fingerprint density at radius 2 is 2.08 bits per heavy atom. The molecular weight excluding hydrogens is 170 g/mol. The highest BCUT2D eigenvalue weighted by Gasteiger charge is 2.17. The van der Waals surface area contributed by atoms with E-state index >= 15 is 0 Å². The zero-order chi connectivity index (χ0) is 8.81. The zero-order valence-corrected chi connectivity index (χ0v) is 8.72. The van der Waals surface area contributed by atoms with Crippen molar-refractivity contribution in [2.75, 3.05) is 32.6 Å². The van der Waals surface area contributed by atoms with Crippen LogP contribution in [0, 0.1) is 0 Å². The van der Waals surface area contributed by atoms with Gasteiger partial charge in [0.1, 0.15) is 0 Å². The fraction of sp³-hybridized carbons (Fsp3) is 1.00. The number of thiol groups is 1. The maximum absolute atomic E-state index is 5.31. The van der Waals surface area contributed by atoms with Crippen LogP contribution in [0.15, 0.2) is 0 Å². The first-order valence-corrected chi connectivity index (χ1v) is 5.36. The van der Waals surface area contributed by atoms with E-state index in [1.54, 1.807) is 0 Å². The Kier molecular flexibility index (Phi) is 5.04. The lowest BCUT2D eigenvalue weighted by atomic mass is 10.1. The summed E-state index contributed by atoms with van der Waals surface area (Å²) in [7, 11) is 2.21. The van der Waals surface area contributed by atoms with Gasteiger partial charge in [0.2, 0.25) is 0 Å². The van der Waals surface area contributed by atoms with Gasteiger partial charge in [0, 0.05) is 19.3 Å². The summed E-state index contributed by atoms with van der Waals surface area (Å²) in [4.78, 5) is 2.44. The van der Waals surface area contributed by atoms with Crippen LogP contribution in [0.25, 0.3) is 0 Å². The number of hydrogen-bond donors (Lipinski definition) is 1. The molecule has 1 rings (SSSR count). The summed E-state index contributed by atoms with van der Waals surface area (Å²) in [6, 6.07) is 0.749. The molecule has 2 nitrogen and oxygen atoms in total. The summed E-state index contributed by atoms with van der Waals surface area (Å²) in [6.45, 7) is 3.06. The van der Waals surface area contributed by atoms with Gasteiger partial charge in [-0.25, -0.2) is 0 Å². The van der Waals surface area contributed by atoms with Gasteiger partial charge < -0.3 is 9.64 Å². The topological polar surface area (TPSA) is 12.5 Å². The van der Waals surface area contributed by atoms with Crippen molar-refractivity contribution in [2.45, 2.75) is 25.3 Å². The second-order valence-corrected chi connectivity index (χ2v) is 3.85. The molecule has 1 aliphatic rings.